The number of rotatable bonds is 4. The molecule has 0 N–H and O–H groups in total. The van der Waals surface area contributed by atoms with Gasteiger partial charge in [0, 0.05) is 3.57 Å². The molecule has 2 nitrogen and oxygen atoms in total. The van der Waals surface area contributed by atoms with Crippen molar-refractivity contribution in [3.05, 3.63) is 33.4 Å². The highest BCUT2D eigenvalue weighted by atomic mass is 127. The summed E-state index contributed by atoms with van der Waals surface area (Å²) in [7, 11) is 0. The Hall–Kier alpha value is -0.100. The van der Waals surface area contributed by atoms with Gasteiger partial charge in [-0.3, -0.25) is 4.79 Å². The zero-order chi connectivity index (χ0) is 11.3. The molecule has 1 unspecified atom stereocenters. The lowest BCUT2D eigenvalue weighted by atomic mass is 10.1. The number of alkyl halides is 1. The molecule has 1 atom stereocenters. The van der Waals surface area contributed by atoms with E-state index in [1.54, 1.807) is 0 Å². The van der Waals surface area contributed by atoms with Crippen molar-refractivity contribution < 1.29 is 9.53 Å². The lowest BCUT2D eigenvalue weighted by Gasteiger charge is -2.08. The lowest BCUT2D eigenvalue weighted by molar-refractivity contribution is -0.142. The van der Waals surface area contributed by atoms with Gasteiger partial charge in [-0.2, -0.15) is 0 Å². The predicted molar refractivity (Wildman–Crippen MR) is 72.2 cm³/mol. The van der Waals surface area contributed by atoms with E-state index in [9.17, 15) is 4.79 Å². The van der Waals surface area contributed by atoms with Crippen LogP contribution >= 0.6 is 38.5 Å². The zero-order valence-corrected chi connectivity index (χ0v) is 12.1. The zero-order valence-electron chi connectivity index (χ0n) is 8.37. The molecule has 1 aromatic rings. The summed E-state index contributed by atoms with van der Waals surface area (Å²) in [6, 6.07) is 8.10. The van der Waals surface area contributed by atoms with Gasteiger partial charge in [0.2, 0.25) is 0 Å². The first-order valence-corrected chi connectivity index (χ1v) is 6.68. The molecule has 15 heavy (non-hydrogen) atoms. The molecule has 0 saturated heterocycles. The molecule has 4 heteroatoms. The third-order valence-electron chi connectivity index (χ3n) is 1.87. The number of ether oxygens (including phenoxy) is 1. The van der Waals surface area contributed by atoms with Gasteiger partial charge in [0.1, 0.15) is 4.83 Å². The Morgan fingerprint density at radius 3 is 2.60 bits per heavy atom. The summed E-state index contributed by atoms with van der Waals surface area (Å²) < 4.78 is 6.11. The van der Waals surface area contributed by atoms with E-state index in [1.807, 2.05) is 31.2 Å². The number of hydrogen-bond acceptors (Lipinski definition) is 2. The second-order valence-corrected chi connectivity index (χ2v) is 5.40. The van der Waals surface area contributed by atoms with Crippen molar-refractivity contribution in [1.29, 1.82) is 0 Å². The topological polar surface area (TPSA) is 26.3 Å². The third-order valence-corrected chi connectivity index (χ3v) is 3.29. The van der Waals surface area contributed by atoms with Gasteiger partial charge < -0.3 is 4.74 Å². The van der Waals surface area contributed by atoms with Crippen LogP contribution < -0.4 is 0 Å². The molecule has 0 aliphatic rings. The smallest absolute Gasteiger partial charge is 0.320 e. The molecule has 1 aromatic carbocycles. The summed E-state index contributed by atoms with van der Waals surface area (Å²) in [5, 5.41) is 0. The van der Waals surface area contributed by atoms with Crippen molar-refractivity contribution in [3.63, 3.8) is 0 Å². The first-order valence-electron chi connectivity index (χ1n) is 4.68. The van der Waals surface area contributed by atoms with E-state index in [4.69, 9.17) is 4.74 Å². The van der Waals surface area contributed by atoms with Gasteiger partial charge >= 0.3 is 5.97 Å². The van der Waals surface area contributed by atoms with E-state index >= 15 is 0 Å². The number of halogens is 2. The minimum absolute atomic E-state index is 0.198. The van der Waals surface area contributed by atoms with Crippen LogP contribution in [-0.4, -0.2) is 17.4 Å². The SMILES string of the molecule is CCOC(=O)C(Br)Cc1ccc(I)cc1. The number of carbonyl (C=O) groups is 1. The van der Waals surface area contributed by atoms with E-state index in [0.29, 0.717) is 13.0 Å². The van der Waals surface area contributed by atoms with Crippen molar-refractivity contribution in [3.8, 4) is 0 Å². The highest BCUT2D eigenvalue weighted by Crippen LogP contribution is 2.13. The molecule has 1 rings (SSSR count). The molecular weight excluding hydrogens is 371 g/mol. The van der Waals surface area contributed by atoms with Crippen LogP contribution in [0.25, 0.3) is 0 Å². The first kappa shape index (κ1) is 13.0. The molecule has 0 spiro atoms. The molecular formula is C11H12BrIO2. The summed E-state index contributed by atoms with van der Waals surface area (Å²) in [6.45, 7) is 2.23. The quantitative estimate of drug-likeness (QED) is 0.454. The standard InChI is InChI=1S/C11H12BrIO2/c1-2-15-11(14)10(12)7-8-3-5-9(13)6-4-8/h3-6,10H,2,7H2,1H3. The number of carbonyl (C=O) groups excluding carboxylic acids is 1. The van der Waals surface area contributed by atoms with Crippen molar-refractivity contribution in [1.82, 2.24) is 0 Å². The highest BCUT2D eigenvalue weighted by Gasteiger charge is 2.16. The van der Waals surface area contributed by atoms with E-state index in [2.05, 4.69) is 38.5 Å². The Morgan fingerprint density at radius 2 is 2.07 bits per heavy atom. The van der Waals surface area contributed by atoms with Gasteiger partial charge in [0.15, 0.2) is 0 Å². The number of hydrogen-bond donors (Lipinski definition) is 0. The van der Waals surface area contributed by atoms with E-state index in [1.165, 1.54) is 3.57 Å². The maximum Gasteiger partial charge on any atom is 0.320 e. The maximum absolute atomic E-state index is 11.3. The summed E-state index contributed by atoms with van der Waals surface area (Å²) in [4.78, 5) is 11.1. The summed E-state index contributed by atoms with van der Waals surface area (Å²) in [5.41, 5.74) is 1.13. The minimum Gasteiger partial charge on any atom is -0.465 e. The van der Waals surface area contributed by atoms with Gasteiger partial charge in [-0.05, 0) is 53.6 Å². The Labute approximate surface area is 112 Å². The largest absolute Gasteiger partial charge is 0.465 e. The van der Waals surface area contributed by atoms with Crippen LogP contribution in [-0.2, 0) is 16.0 Å². The average Bonchev–Trinajstić information content (AvgIpc) is 2.22. The average molecular weight is 383 g/mol. The van der Waals surface area contributed by atoms with Crippen LogP contribution in [0.4, 0.5) is 0 Å². The van der Waals surface area contributed by atoms with E-state index in [0.717, 1.165) is 5.56 Å². The molecule has 0 aliphatic carbocycles. The molecule has 0 fully saturated rings. The Bertz CT molecular complexity index is 324. The van der Waals surface area contributed by atoms with Crippen molar-refractivity contribution in [2.24, 2.45) is 0 Å². The van der Waals surface area contributed by atoms with Crippen molar-refractivity contribution in [2.45, 2.75) is 18.2 Å². The molecule has 0 bridgehead atoms. The fourth-order valence-electron chi connectivity index (χ4n) is 1.14. The molecule has 82 valence electrons. The number of benzene rings is 1. The summed E-state index contributed by atoms with van der Waals surface area (Å²) in [6.07, 6.45) is 0.662. The molecule has 0 aliphatic heterocycles. The molecule has 0 heterocycles. The fourth-order valence-corrected chi connectivity index (χ4v) is 2.01. The highest BCUT2D eigenvalue weighted by molar-refractivity contribution is 14.1. The van der Waals surface area contributed by atoms with Crippen LogP contribution in [0.5, 0.6) is 0 Å². The Balaban J connectivity index is 2.54. The first-order chi connectivity index (χ1) is 7.13. The van der Waals surface area contributed by atoms with Crippen LogP contribution in [0, 0.1) is 3.57 Å². The van der Waals surface area contributed by atoms with Crippen LogP contribution in [0.1, 0.15) is 12.5 Å². The van der Waals surface area contributed by atoms with Crippen molar-refractivity contribution >= 4 is 44.5 Å². The second-order valence-electron chi connectivity index (χ2n) is 3.05. The maximum atomic E-state index is 11.3. The van der Waals surface area contributed by atoms with Gasteiger partial charge in [-0.1, -0.05) is 28.1 Å². The molecule has 0 saturated carbocycles. The predicted octanol–water partition coefficient (Wildman–Crippen LogP) is 3.16. The molecule has 0 aromatic heterocycles. The van der Waals surface area contributed by atoms with Crippen LogP contribution in [0.2, 0.25) is 0 Å². The lowest BCUT2D eigenvalue weighted by Crippen LogP contribution is -2.19. The minimum atomic E-state index is -0.252. The van der Waals surface area contributed by atoms with E-state index in [-0.39, 0.29) is 10.8 Å². The normalized spacial score (nSPS) is 12.2. The summed E-state index contributed by atoms with van der Waals surface area (Å²) >= 11 is 5.58. The summed E-state index contributed by atoms with van der Waals surface area (Å²) in [5.74, 6) is -0.198. The van der Waals surface area contributed by atoms with Gasteiger partial charge in [0.05, 0.1) is 6.61 Å². The monoisotopic (exact) mass is 382 g/mol. The third kappa shape index (κ3) is 4.51. The second kappa shape index (κ2) is 6.48. The van der Waals surface area contributed by atoms with Gasteiger partial charge in [-0.15, -0.1) is 0 Å². The van der Waals surface area contributed by atoms with Crippen LogP contribution in [0.15, 0.2) is 24.3 Å². The van der Waals surface area contributed by atoms with E-state index < -0.39 is 0 Å². The Kier molecular flexibility index (Phi) is 5.60. The molecule has 0 radical (unpaired) electrons. The van der Waals surface area contributed by atoms with Crippen molar-refractivity contribution in [2.75, 3.05) is 6.61 Å². The Morgan fingerprint density at radius 1 is 1.47 bits per heavy atom. The van der Waals surface area contributed by atoms with Gasteiger partial charge in [-0.25, -0.2) is 0 Å². The molecule has 0 amide bonds. The van der Waals surface area contributed by atoms with Gasteiger partial charge in [0.25, 0.3) is 0 Å². The number of esters is 1. The fraction of sp³-hybridized carbons (Fsp3) is 0.364. The van der Waals surface area contributed by atoms with Crippen LogP contribution in [0.3, 0.4) is 0 Å².